The number of nitrogens with zero attached hydrogens (tertiary/aromatic N) is 3. The molecule has 28 heavy (non-hydrogen) atoms. The van der Waals surface area contributed by atoms with Gasteiger partial charge in [-0.25, -0.2) is 8.78 Å². The Morgan fingerprint density at radius 1 is 0.714 bits per heavy atom. The van der Waals surface area contributed by atoms with Crippen molar-refractivity contribution in [1.82, 2.24) is 14.8 Å². The predicted molar refractivity (Wildman–Crippen MR) is 107 cm³/mol. The van der Waals surface area contributed by atoms with Crippen molar-refractivity contribution in [1.29, 1.82) is 0 Å². The van der Waals surface area contributed by atoms with Gasteiger partial charge in [-0.05, 0) is 47.5 Å². The first-order valence-electron chi connectivity index (χ1n) is 8.80. The first-order chi connectivity index (χ1) is 13.7. The Morgan fingerprint density at radius 2 is 1.36 bits per heavy atom. The Hall–Kier alpha value is -2.99. The molecule has 6 heteroatoms. The number of rotatable bonds is 6. The maximum atomic E-state index is 13.4. The van der Waals surface area contributed by atoms with E-state index in [0.29, 0.717) is 17.3 Å². The SMILES string of the molecule is Fc1ccc(CSc2nnc(Cc3ccccc3)n2-c2ccc(F)cc2)cc1. The second-order valence-corrected chi connectivity index (χ2v) is 7.23. The molecule has 0 N–H and O–H groups in total. The van der Waals surface area contributed by atoms with Crippen LogP contribution in [-0.4, -0.2) is 14.8 Å². The Bertz CT molecular complexity index is 1050. The summed E-state index contributed by atoms with van der Waals surface area (Å²) in [6.45, 7) is 0. The normalized spacial score (nSPS) is 10.9. The Labute approximate surface area is 166 Å². The summed E-state index contributed by atoms with van der Waals surface area (Å²) in [6, 6.07) is 22.7. The van der Waals surface area contributed by atoms with Crippen LogP contribution in [0.2, 0.25) is 0 Å². The first-order valence-corrected chi connectivity index (χ1v) is 9.79. The number of aromatic nitrogens is 3. The lowest BCUT2D eigenvalue weighted by Gasteiger charge is -2.10. The minimum Gasteiger partial charge on any atom is -0.274 e. The molecule has 4 aromatic rings. The second kappa shape index (κ2) is 8.35. The fourth-order valence-electron chi connectivity index (χ4n) is 2.86. The van der Waals surface area contributed by atoms with Crippen molar-refractivity contribution < 1.29 is 8.78 Å². The minimum absolute atomic E-state index is 0.256. The van der Waals surface area contributed by atoms with E-state index in [9.17, 15) is 8.78 Å². The van der Waals surface area contributed by atoms with E-state index in [1.165, 1.54) is 36.0 Å². The molecule has 3 nitrogen and oxygen atoms in total. The Balaban J connectivity index is 1.65. The lowest BCUT2D eigenvalue weighted by Crippen LogP contribution is -2.04. The molecule has 0 unspecified atom stereocenters. The van der Waals surface area contributed by atoms with E-state index in [0.717, 1.165) is 22.6 Å². The van der Waals surface area contributed by atoms with Crippen LogP contribution in [0.15, 0.2) is 84.0 Å². The summed E-state index contributed by atoms with van der Waals surface area (Å²) in [5, 5.41) is 9.44. The fourth-order valence-corrected chi connectivity index (χ4v) is 3.79. The van der Waals surface area contributed by atoms with E-state index in [-0.39, 0.29) is 11.6 Å². The summed E-state index contributed by atoms with van der Waals surface area (Å²) >= 11 is 1.51. The molecule has 0 spiro atoms. The van der Waals surface area contributed by atoms with Gasteiger partial charge in [0.2, 0.25) is 0 Å². The largest absolute Gasteiger partial charge is 0.274 e. The quantitative estimate of drug-likeness (QED) is 0.409. The molecule has 0 bridgehead atoms. The third-order valence-corrected chi connectivity index (χ3v) is 5.27. The van der Waals surface area contributed by atoms with Gasteiger partial charge in [0.1, 0.15) is 17.5 Å². The molecular formula is C22H17F2N3S. The molecule has 0 aliphatic rings. The van der Waals surface area contributed by atoms with Crippen LogP contribution in [0.5, 0.6) is 0 Å². The first kappa shape index (κ1) is 18.4. The van der Waals surface area contributed by atoms with Gasteiger partial charge in [0, 0.05) is 17.9 Å². The van der Waals surface area contributed by atoms with E-state index in [1.807, 2.05) is 34.9 Å². The number of halogens is 2. The van der Waals surface area contributed by atoms with E-state index >= 15 is 0 Å². The van der Waals surface area contributed by atoms with Crippen LogP contribution >= 0.6 is 11.8 Å². The smallest absolute Gasteiger partial charge is 0.196 e. The van der Waals surface area contributed by atoms with Gasteiger partial charge >= 0.3 is 0 Å². The van der Waals surface area contributed by atoms with Crippen molar-refractivity contribution in [3.05, 3.63) is 107 Å². The highest BCUT2D eigenvalue weighted by Gasteiger charge is 2.15. The molecule has 1 heterocycles. The lowest BCUT2D eigenvalue weighted by molar-refractivity contribution is 0.626. The molecule has 0 aliphatic heterocycles. The topological polar surface area (TPSA) is 30.7 Å². The zero-order chi connectivity index (χ0) is 19.3. The van der Waals surface area contributed by atoms with Crippen LogP contribution in [0.3, 0.4) is 0 Å². The third-order valence-electron chi connectivity index (χ3n) is 4.27. The highest BCUT2D eigenvalue weighted by atomic mass is 32.2. The molecule has 0 saturated carbocycles. The summed E-state index contributed by atoms with van der Waals surface area (Å²) in [5.74, 6) is 0.861. The highest BCUT2D eigenvalue weighted by molar-refractivity contribution is 7.98. The van der Waals surface area contributed by atoms with Crippen LogP contribution < -0.4 is 0 Å². The van der Waals surface area contributed by atoms with Gasteiger partial charge in [0.25, 0.3) is 0 Å². The third kappa shape index (κ3) is 4.28. The summed E-state index contributed by atoms with van der Waals surface area (Å²) in [4.78, 5) is 0. The molecule has 3 aromatic carbocycles. The van der Waals surface area contributed by atoms with Gasteiger partial charge in [-0.2, -0.15) is 0 Å². The summed E-state index contributed by atoms with van der Waals surface area (Å²) in [5.41, 5.74) is 2.91. The molecule has 0 fully saturated rings. The summed E-state index contributed by atoms with van der Waals surface area (Å²) in [7, 11) is 0. The van der Waals surface area contributed by atoms with Crippen LogP contribution in [0.25, 0.3) is 5.69 Å². The molecule has 0 radical (unpaired) electrons. The van der Waals surface area contributed by atoms with Crippen molar-refractivity contribution in [3.8, 4) is 5.69 Å². The van der Waals surface area contributed by atoms with Crippen LogP contribution in [0.1, 0.15) is 17.0 Å². The van der Waals surface area contributed by atoms with E-state index in [4.69, 9.17) is 0 Å². The maximum absolute atomic E-state index is 13.4. The Kier molecular flexibility index (Phi) is 5.48. The van der Waals surface area contributed by atoms with Gasteiger partial charge in [-0.15, -0.1) is 10.2 Å². The number of benzene rings is 3. The molecular weight excluding hydrogens is 376 g/mol. The molecule has 1 aromatic heterocycles. The van der Waals surface area contributed by atoms with Gasteiger partial charge < -0.3 is 0 Å². The van der Waals surface area contributed by atoms with Crippen molar-refractivity contribution in [2.75, 3.05) is 0 Å². The molecule has 0 amide bonds. The van der Waals surface area contributed by atoms with Gasteiger partial charge in [0.15, 0.2) is 5.16 Å². The predicted octanol–water partition coefficient (Wildman–Crippen LogP) is 5.43. The summed E-state index contributed by atoms with van der Waals surface area (Å²) < 4.78 is 28.5. The lowest BCUT2D eigenvalue weighted by atomic mass is 10.1. The number of hydrogen-bond acceptors (Lipinski definition) is 3. The van der Waals surface area contributed by atoms with Gasteiger partial charge in [-0.3, -0.25) is 4.57 Å². The van der Waals surface area contributed by atoms with Crippen LogP contribution in [0.4, 0.5) is 8.78 Å². The minimum atomic E-state index is -0.290. The summed E-state index contributed by atoms with van der Waals surface area (Å²) in [6.07, 6.45) is 0.613. The van der Waals surface area contributed by atoms with E-state index in [1.54, 1.807) is 24.3 Å². The standard InChI is InChI=1S/C22H17F2N3S/c23-18-8-6-17(7-9-18)15-28-22-26-25-21(14-16-4-2-1-3-5-16)27(22)20-12-10-19(24)11-13-20/h1-13H,14-15H2. The van der Waals surface area contributed by atoms with Crippen molar-refractivity contribution in [2.45, 2.75) is 17.3 Å². The average molecular weight is 393 g/mol. The number of thioether (sulfide) groups is 1. The van der Waals surface area contributed by atoms with E-state index < -0.39 is 0 Å². The molecule has 0 saturated heterocycles. The van der Waals surface area contributed by atoms with Crippen molar-refractivity contribution in [3.63, 3.8) is 0 Å². The second-order valence-electron chi connectivity index (χ2n) is 6.29. The molecule has 0 atom stereocenters. The van der Waals surface area contributed by atoms with Crippen LogP contribution in [0, 0.1) is 11.6 Å². The average Bonchev–Trinajstić information content (AvgIpc) is 3.11. The Morgan fingerprint density at radius 3 is 2.04 bits per heavy atom. The zero-order valence-electron chi connectivity index (χ0n) is 14.9. The van der Waals surface area contributed by atoms with Crippen molar-refractivity contribution >= 4 is 11.8 Å². The highest BCUT2D eigenvalue weighted by Crippen LogP contribution is 2.26. The zero-order valence-corrected chi connectivity index (χ0v) is 15.7. The van der Waals surface area contributed by atoms with Crippen LogP contribution in [-0.2, 0) is 12.2 Å². The monoisotopic (exact) mass is 393 g/mol. The maximum Gasteiger partial charge on any atom is 0.196 e. The fraction of sp³-hybridized carbons (Fsp3) is 0.0909. The molecule has 4 rings (SSSR count). The van der Waals surface area contributed by atoms with Crippen molar-refractivity contribution in [2.24, 2.45) is 0 Å². The van der Waals surface area contributed by atoms with Gasteiger partial charge in [-0.1, -0.05) is 54.2 Å². The molecule has 140 valence electrons. The number of hydrogen-bond donors (Lipinski definition) is 0. The van der Waals surface area contributed by atoms with E-state index in [2.05, 4.69) is 10.2 Å². The van der Waals surface area contributed by atoms with Gasteiger partial charge in [0.05, 0.1) is 0 Å². The molecule has 0 aliphatic carbocycles.